The lowest BCUT2D eigenvalue weighted by Gasteiger charge is -2.09. The lowest BCUT2D eigenvalue weighted by atomic mass is 10.0. The molecular formula is C42H76O12. The van der Waals surface area contributed by atoms with Crippen LogP contribution < -0.4 is 4.74 Å². The van der Waals surface area contributed by atoms with Crippen molar-refractivity contribution in [3.05, 3.63) is 30.3 Å². The summed E-state index contributed by atoms with van der Waals surface area (Å²) in [7, 11) is 0. The maximum absolute atomic E-state index is 11.9. The lowest BCUT2D eigenvalue weighted by Crippen LogP contribution is -2.15. The van der Waals surface area contributed by atoms with Gasteiger partial charge in [-0.25, -0.2) is 0 Å². The number of hydrogen-bond acceptors (Lipinski definition) is 12. The first kappa shape index (κ1) is 50.1. The van der Waals surface area contributed by atoms with Crippen LogP contribution in [0.2, 0.25) is 0 Å². The van der Waals surface area contributed by atoms with Crippen LogP contribution in [0.25, 0.3) is 0 Å². The molecule has 1 aromatic rings. The Morgan fingerprint density at radius 1 is 0.370 bits per heavy atom. The van der Waals surface area contributed by atoms with Crippen LogP contribution in [0, 0.1) is 0 Å². The summed E-state index contributed by atoms with van der Waals surface area (Å²) in [5, 5.41) is 0. The fourth-order valence-electron chi connectivity index (χ4n) is 5.17. The maximum atomic E-state index is 11.9. The van der Waals surface area contributed by atoms with Gasteiger partial charge in [0.2, 0.25) is 0 Å². The van der Waals surface area contributed by atoms with Crippen molar-refractivity contribution in [3.8, 4) is 5.75 Å². The van der Waals surface area contributed by atoms with Gasteiger partial charge in [0.25, 0.3) is 0 Å². The van der Waals surface area contributed by atoms with Gasteiger partial charge in [0.05, 0.1) is 119 Å². The number of hydrogen-bond donors (Lipinski definition) is 0. The second-order valence-corrected chi connectivity index (χ2v) is 12.9. The Hall–Kier alpha value is -1.87. The average Bonchev–Trinajstić information content (AvgIpc) is 3.19. The third kappa shape index (κ3) is 39.8. The monoisotopic (exact) mass is 773 g/mol. The average molecular weight is 773 g/mol. The molecule has 0 aliphatic heterocycles. The lowest BCUT2D eigenvalue weighted by molar-refractivity contribution is -0.145. The molecule has 0 saturated carbocycles. The normalized spacial score (nSPS) is 11.4. The van der Waals surface area contributed by atoms with Crippen LogP contribution in [-0.4, -0.2) is 138 Å². The second-order valence-electron chi connectivity index (χ2n) is 12.9. The zero-order valence-electron chi connectivity index (χ0n) is 33.8. The van der Waals surface area contributed by atoms with Crippen molar-refractivity contribution >= 4 is 5.97 Å². The van der Waals surface area contributed by atoms with Gasteiger partial charge < -0.3 is 52.1 Å². The van der Waals surface area contributed by atoms with Gasteiger partial charge in [0.1, 0.15) is 19.0 Å². The van der Waals surface area contributed by atoms with Crippen molar-refractivity contribution in [1.82, 2.24) is 0 Å². The molecule has 0 spiro atoms. The number of para-hydroxylation sites is 1. The van der Waals surface area contributed by atoms with E-state index in [1.54, 1.807) is 0 Å². The molecule has 0 aliphatic rings. The minimum absolute atomic E-state index is 0.131. The molecular weight excluding hydrogens is 696 g/mol. The number of esters is 1. The first-order chi connectivity index (χ1) is 26.8. The summed E-state index contributed by atoms with van der Waals surface area (Å²) in [5.41, 5.74) is 0. The van der Waals surface area contributed by atoms with Gasteiger partial charge in [-0.2, -0.15) is 0 Å². The van der Waals surface area contributed by atoms with Crippen molar-refractivity contribution in [2.75, 3.05) is 132 Å². The van der Waals surface area contributed by atoms with Crippen molar-refractivity contribution in [1.29, 1.82) is 0 Å². The van der Waals surface area contributed by atoms with Crippen molar-refractivity contribution < 1.29 is 56.9 Å². The molecule has 0 N–H and O–H groups in total. The van der Waals surface area contributed by atoms with Gasteiger partial charge in [-0.15, -0.1) is 0 Å². The number of rotatable bonds is 45. The minimum atomic E-state index is -0.131. The Kier molecular flexibility index (Phi) is 40.7. The van der Waals surface area contributed by atoms with E-state index in [2.05, 4.69) is 6.92 Å². The van der Waals surface area contributed by atoms with E-state index in [-0.39, 0.29) is 12.6 Å². The van der Waals surface area contributed by atoms with Crippen LogP contribution in [0.1, 0.15) is 96.8 Å². The number of benzene rings is 1. The van der Waals surface area contributed by atoms with Gasteiger partial charge in [0.15, 0.2) is 0 Å². The number of unbranched alkanes of at least 4 members (excludes halogenated alkanes) is 12. The molecule has 0 saturated heterocycles. The number of carbonyl (C=O) groups is 1. The largest absolute Gasteiger partial charge is 0.491 e. The molecule has 0 aromatic heterocycles. The summed E-state index contributed by atoms with van der Waals surface area (Å²) in [6.07, 6.45) is 17.3. The Morgan fingerprint density at radius 2 is 0.667 bits per heavy atom. The summed E-state index contributed by atoms with van der Waals surface area (Å²) in [6, 6.07) is 9.68. The van der Waals surface area contributed by atoms with Crippen LogP contribution in [0.15, 0.2) is 30.3 Å². The quantitative estimate of drug-likeness (QED) is 0.0491. The van der Waals surface area contributed by atoms with Gasteiger partial charge in [0, 0.05) is 6.42 Å². The standard InChI is InChI=1S/C42H76O12/c1-2-3-4-5-6-7-8-9-10-11-12-13-17-20-42(43)54-40-38-52-36-34-50-32-30-48-28-26-46-24-22-44-21-23-45-25-27-47-29-31-49-33-35-51-37-39-53-41-18-15-14-16-19-41/h14-16,18-19H,2-13,17,20-40H2,1H3. The van der Waals surface area contributed by atoms with Gasteiger partial charge in [-0.3, -0.25) is 4.79 Å². The zero-order valence-corrected chi connectivity index (χ0v) is 33.8. The molecule has 0 amide bonds. The third-order valence-electron chi connectivity index (χ3n) is 8.19. The fourth-order valence-corrected chi connectivity index (χ4v) is 5.17. The summed E-state index contributed by atoms with van der Waals surface area (Å²) in [6.45, 7) is 12.0. The number of carbonyl (C=O) groups excluding carboxylic acids is 1. The van der Waals surface area contributed by atoms with E-state index >= 15 is 0 Å². The molecule has 12 nitrogen and oxygen atoms in total. The van der Waals surface area contributed by atoms with Crippen LogP contribution in [-0.2, 0) is 52.2 Å². The minimum Gasteiger partial charge on any atom is -0.491 e. The third-order valence-corrected chi connectivity index (χ3v) is 8.19. The summed E-state index contributed by atoms with van der Waals surface area (Å²) >= 11 is 0. The first-order valence-electron chi connectivity index (χ1n) is 20.9. The van der Waals surface area contributed by atoms with Crippen molar-refractivity contribution in [2.45, 2.75) is 96.8 Å². The van der Waals surface area contributed by atoms with E-state index in [9.17, 15) is 4.79 Å². The van der Waals surface area contributed by atoms with E-state index in [0.29, 0.717) is 132 Å². The molecule has 12 heteroatoms. The molecule has 0 unspecified atom stereocenters. The van der Waals surface area contributed by atoms with E-state index in [1.165, 1.54) is 70.6 Å². The van der Waals surface area contributed by atoms with Crippen molar-refractivity contribution in [3.63, 3.8) is 0 Å². The second kappa shape index (κ2) is 43.9. The first-order valence-corrected chi connectivity index (χ1v) is 20.9. The smallest absolute Gasteiger partial charge is 0.305 e. The molecule has 0 atom stereocenters. The van der Waals surface area contributed by atoms with Crippen LogP contribution in [0.5, 0.6) is 5.75 Å². The van der Waals surface area contributed by atoms with Gasteiger partial charge >= 0.3 is 5.97 Å². The molecule has 316 valence electrons. The molecule has 54 heavy (non-hydrogen) atoms. The zero-order chi connectivity index (χ0) is 38.5. The Labute approximate surface area is 327 Å². The highest BCUT2D eigenvalue weighted by Gasteiger charge is 2.03. The summed E-state index contributed by atoms with van der Waals surface area (Å²) in [5.74, 6) is 0.712. The molecule has 0 fully saturated rings. The summed E-state index contributed by atoms with van der Waals surface area (Å²) < 4.78 is 60.2. The SMILES string of the molecule is CCCCCCCCCCCCCCCC(=O)OCCOCCOCCOCCOCCOCCOCCOCCOCCOCCOc1ccccc1. The molecule has 1 rings (SSSR count). The Balaban J connectivity index is 1.63. The van der Waals surface area contributed by atoms with Gasteiger partial charge in [-0.1, -0.05) is 102 Å². The molecule has 0 heterocycles. The van der Waals surface area contributed by atoms with E-state index in [4.69, 9.17) is 52.1 Å². The van der Waals surface area contributed by atoms with E-state index in [0.717, 1.165) is 18.6 Å². The predicted molar refractivity (Wildman–Crippen MR) is 211 cm³/mol. The highest BCUT2D eigenvalue weighted by atomic mass is 16.6. The Bertz CT molecular complexity index is 863. The van der Waals surface area contributed by atoms with Crippen LogP contribution in [0.4, 0.5) is 0 Å². The molecule has 1 aromatic carbocycles. The predicted octanol–water partition coefficient (Wildman–Crippen LogP) is 7.24. The van der Waals surface area contributed by atoms with E-state index < -0.39 is 0 Å². The van der Waals surface area contributed by atoms with Gasteiger partial charge in [-0.05, 0) is 18.6 Å². The molecule has 0 aliphatic carbocycles. The van der Waals surface area contributed by atoms with E-state index in [1.807, 2.05) is 30.3 Å². The fraction of sp³-hybridized carbons (Fsp3) is 0.833. The highest BCUT2D eigenvalue weighted by molar-refractivity contribution is 5.69. The van der Waals surface area contributed by atoms with Crippen LogP contribution >= 0.6 is 0 Å². The number of ether oxygens (including phenoxy) is 11. The topological polar surface area (TPSA) is 119 Å². The van der Waals surface area contributed by atoms with Crippen molar-refractivity contribution in [2.24, 2.45) is 0 Å². The molecule has 0 bridgehead atoms. The highest BCUT2D eigenvalue weighted by Crippen LogP contribution is 2.13. The maximum Gasteiger partial charge on any atom is 0.305 e. The summed E-state index contributed by atoms with van der Waals surface area (Å²) in [4.78, 5) is 11.9. The molecule has 0 radical (unpaired) electrons. The Morgan fingerprint density at radius 3 is 1.02 bits per heavy atom. The van der Waals surface area contributed by atoms with Crippen LogP contribution in [0.3, 0.4) is 0 Å².